The number of carbonyl (C=O) groups is 3. The lowest BCUT2D eigenvalue weighted by Crippen LogP contribution is -2.29. The second-order valence-electron chi connectivity index (χ2n) is 7.35. The van der Waals surface area contributed by atoms with Crippen molar-refractivity contribution in [3.8, 4) is 5.75 Å². The SMILES string of the molecule is CCCCN1C[C@@H](C(=O)Nc2ccc(C(=O)Nc3cccc(OC)c3)cc2)CC1=O. The summed E-state index contributed by atoms with van der Waals surface area (Å²) >= 11 is 0. The van der Waals surface area contributed by atoms with Gasteiger partial charge in [0.25, 0.3) is 5.91 Å². The monoisotopic (exact) mass is 409 g/mol. The molecule has 1 aliphatic rings. The summed E-state index contributed by atoms with van der Waals surface area (Å²) in [5.41, 5.74) is 1.70. The molecule has 2 N–H and O–H groups in total. The van der Waals surface area contributed by atoms with Crippen molar-refractivity contribution in [1.82, 2.24) is 4.90 Å². The predicted molar refractivity (Wildman–Crippen MR) is 116 cm³/mol. The van der Waals surface area contributed by atoms with Crippen LogP contribution in [0.1, 0.15) is 36.5 Å². The number of methoxy groups -OCH3 is 1. The molecule has 1 aliphatic heterocycles. The van der Waals surface area contributed by atoms with E-state index in [1.807, 2.05) is 0 Å². The highest BCUT2D eigenvalue weighted by Crippen LogP contribution is 2.21. The Kier molecular flexibility index (Phi) is 7.06. The van der Waals surface area contributed by atoms with Crippen LogP contribution in [0.25, 0.3) is 0 Å². The number of anilines is 2. The summed E-state index contributed by atoms with van der Waals surface area (Å²) in [6, 6.07) is 13.8. The molecule has 0 unspecified atom stereocenters. The fourth-order valence-corrected chi connectivity index (χ4v) is 3.37. The van der Waals surface area contributed by atoms with Crippen LogP contribution >= 0.6 is 0 Å². The van der Waals surface area contributed by atoms with Gasteiger partial charge in [-0.1, -0.05) is 19.4 Å². The number of amides is 3. The molecule has 0 aromatic heterocycles. The zero-order valence-electron chi connectivity index (χ0n) is 17.3. The Bertz CT molecular complexity index is 911. The molecule has 158 valence electrons. The maximum atomic E-state index is 12.5. The summed E-state index contributed by atoms with van der Waals surface area (Å²) in [5.74, 6) is -0.0758. The highest BCUT2D eigenvalue weighted by molar-refractivity contribution is 6.05. The summed E-state index contributed by atoms with van der Waals surface area (Å²) in [6.07, 6.45) is 2.20. The molecule has 3 amide bonds. The van der Waals surface area contributed by atoms with E-state index in [2.05, 4.69) is 17.6 Å². The van der Waals surface area contributed by atoms with Gasteiger partial charge in [-0.25, -0.2) is 0 Å². The van der Waals surface area contributed by atoms with Crippen molar-refractivity contribution in [1.29, 1.82) is 0 Å². The molecule has 0 spiro atoms. The molecule has 1 fully saturated rings. The highest BCUT2D eigenvalue weighted by atomic mass is 16.5. The van der Waals surface area contributed by atoms with E-state index in [1.54, 1.807) is 60.5 Å². The Morgan fingerprint density at radius 2 is 1.87 bits per heavy atom. The molecule has 1 atom stereocenters. The van der Waals surface area contributed by atoms with E-state index in [-0.39, 0.29) is 30.1 Å². The predicted octanol–water partition coefficient (Wildman–Crippen LogP) is 3.53. The summed E-state index contributed by atoms with van der Waals surface area (Å²) in [5, 5.41) is 5.66. The summed E-state index contributed by atoms with van der Waals surface area (Å²) in [4.78, 5) is 38.8. The Hall–Kier alpha value is -3.35. The number of nitrogens with one attached hydrogen (secondary N) is 2. The van der Waals surface area contributed by atoms with E-state index in [9.17, 15) is 14.4 Å². The zero-order valence-corrected chi connectivity index (χ0v) is 17.3. The third-order valence-corrected chi connectivity index (χ3v) is 5.11. The summed E-state index contributed by atoms with van der Waals surface area (Å²) < 4.78 is 5.15. The van der Waals surface area contributed by atoms with E-state index >= 15 is 0 Å². The molecule has 0 saturated carbocycles. The molecule has 0 aliphatic carbocycles. The molecular weight excluding hydrogens is 382 g/mol. The topological polar surface area (TPSA) is 87.7 Å². The second-order valence-corrected chi connectivity index (χ2v) is 7.35. The number of nitrogens with zero attached hydrogens (tertiary/aromatic N) is 1. The van der Waals surface area contributed by atoms with Crippen molar-refractivity contribution in [2.75, 3.05) is 30.8 Å². The Balaban J connectivity index is 1.55. The van der Waals surface area contributed by atoms with Crippen LogP contribution in [-0.4, -0.2) is 42.8 Å². The lowest BCUT2D eigenvalue weighted by atomic mass is 10.1. The van der Waals surface area contributed by atoms with Crippen LogP contribution in [0.5, 0.6) is 5.75 Å². The number of hydrogen-bond donors (Lipinski definition) is 2. The van der Waals surface area contributed by atoms with E-state index in [0.717, 1.165) is 12.8 Å². The molecule has 7 nitrogen and oxygen atoms in total. The molecule has 2 aromatic rings. The van der Waals surface area contributed by atoms with Gasteiger partial charge in [-0.05, 0) is 42.8 Å². The first-order valence-corrected chi connectivity index (χ1v) is 10.1. The van der Waals surface area contributed by atoms with Gasteiger partial charge in [0, 0.05) is 42.5 Å². The fourth-order valence-electron chi connectivity index (χ4n) is 3.37. The Morgan fingerprint density at radius 1 is 1.10 bits per heavy atom. The van der Waals surface area contributed by atoms with Crippen LogP contribution in [-0.2, 0) is 9.59 Å². The first kappa shape index (κ1) is 21.4. The van der Waals surface area contributed by atoms with E-state index in [0.29, 0.717) is 35.8 Å². The Labute approximate surface area is 176 Å². The van der Waals surface area contributed by atoms with Crippen molar-refractivity contribution in [3.05, 3.63) is 54.1 Å². The van der Waals surface area contributed by atoms with Crippen LogP contribution in [0.4, 0.5) is 11.4 Å². The van der Waals surface area contributed by atoms with Gasteiger partial charge in [0.15, 0.2) is 0 Å². The molecule has 0 radical (unpaired) electrons. The first-order valence-electron chi connectivity index (χ1n) is 10.1. The maximum absolute atomic E-state index is 12.5. The van der Waals surface area contributed by atoms with Gasteiger partial charge in [-0.3, -0.25) is 14.4 Å². The van der Waals surface area contributed by atoms with Gasteiger partial charge in [-0.15, -0.1) is 0 Å². The molecule has 1 heterocycles. The van der Waals surface area contributed by atoms with Crippen molar-refractivity contribution >= 4 is 29.1 Å². The lowest BCUT2D eigenvalue weighted by molar-refractivity contribution is -0.128. The van der Waals surface area contributed by atoms with Crippen molar-refractivity contribution in [3.63, 3.8) is 0 Å². The fraction of sp³-hybridized carbons (Fsp3) is 0.348. The van der Waals surface area contributed by atoms with Gasteiger partial charge >= 0.3 is 0 Å². The van der Waals surface area contributed by atoms with Crippen LogP contribution in [0, 0.1) is 5.92 Å². The maximum Gasteiger partial charge on any atom is 0.255 e. The van der Waals surface area contributed by atoms with Gasteiger partial charge < -0.3 is 20.3 Å². The molecular formula is C23H27N3O4. The standard InChI is InChI=1S/C23H27N3O4/c1-3-4-12-26-15-17(13-21(26)27)23(29)24-18-10-8-16(9-11-18)22(28)25-19-6-5-7-20(14-19)30-2/h5-11,14,17H,3-4,12-13,15H2,1-2H3,(H,24,29)(H,25,28)/t17-/m0/s1. The molecule has 30 heavy (non-hydrogen) atoms. The highest BCUT2D eigenvalue weighted by Gasteiger charge is 2.33. The molecule has 0 bridgehead atoms. The minimum absolute atomic E-state index is 0.0353. The zero-order chi connectivity index (χ0) is 21.5. The molecule has 2 aromatic carbocycles. The molecule has 3 rings (SSSR count). The van der Waals surface area contributed by atoms with E-state index in [4.69, 9.17) is 4.74 Å². The van der Waals surface area contributed by atoms with Crippen molar-refractivity contribution < 1.29 is 19.1 Å². The van der Waals surface area contributed by atoms with Gasteiger partial charge in [0.05, 0.1) is 13.0 Å². The van der Waals surface area contributed by atoms with Crippen LogP contribution in [0.15, 0.2) is 48.5 Å². The minimum atomic E-state index is -0.342. The molecule has 7 heteroatoms. The minimum Gasteiger partial charge on any atom is -0.497 e. The number of unbranched alkanes of at least 4 members (excludes halogenated alkanes) is 1. The number of likely N-dealkylation sites (tertiary alicyclic amines) is 1. The average molecular weight is 409 g/mol. The van der Waals surface area contributed by atoms with Crippen LogP contribution < -0.4 is 15.4 Å². The Morgan fingerprint density at radius 3 is 2.57 bits per heavy atom. The number of carbonyl (C=O) groups excluding carboxylic acids is 3. The van der Waals surface area contributed by atoms with Gasteiger partial charge in [0.1, 0.15) is 5.75 Å². The number of rotatable bonds is 8. The van der Waals surface area contributed by atoms with E-state index in [1.165, 1.54) is 0 Å². The average Bonchev–Trinajstić information content (AvgIpc) is 3.13. The molecule has 1 saturated heterocycles. The smallest absolute Gasteiger partial charge is 0.255 e. The number of ether oxygens (including phenoxy) is 1. The van der Waals surface area contributed by atoms with Crippen LogP contribution in [0.2, 0.25) is 0 Å². The van der Waals surface area contributed by atoms with Crippen molar-refractivity contribution in [2.45, 2.75) is 26.2 Å². The van der Waals surface area contributed by atoms with Gasteiger partial charge in [0.2, 0.25) is 11.8 Å². The van der Waals surface area contributed by atoms with Crippen molar-refractivity contribution in [2.24, 2.45) is 5.92 Å². The van der Waals surface area contributed by atoms with Crippen LogP contribution in [0.3, 0.4) is 0 Å². The third-order valence-electron chi connectivity index (χ3n) is 5.11. The number of hydrogen-bond acceptors (Lipinski definition) is 4. The second kappa shape index (κ2) is 9.91. The third kappa shape index (κ3) is 5.37. The first-order chi connectivity index (χ1) is 14.5. The van der Waals surface area contributed by atoms with Gasteiger partial charge in [-0.2, -0.15) is 0 Å². The number of benzene rings is 2. The quantitative estimate of drug-likeness (QED) is 0.698. The lowest BCUT2D eigenvalue weighted by Gasteiger charge is -2.16. The van der Waals surface area contributed by atoms with E-state index < -0.39 is 0 Å². The summed E-state index contributed by atoms with van der Waals surface area (Å²) in [7, 11) is 1.57. The largest absolute Gasteiger partial charge is 0.497 e. The summed E-state index contributed by atoms with van der Waals surface area (Å²) in [6.45, 7) is 3.24. The normalized spacial score (nSPS) is 15.7.